The van der Waals surface area contributed by atoms with E-state index >= 15 is 0 Å². The number of nitrogens with zero attached hydrogens (tertiary/aromatic N) is 1. The van der Waals surface area contributed by atoms with Crippen molar-refractivity contribution in [1.29, 1.82) is 0 Å². The van der Waals surface area contributed by atoms with Crippen molar-refractivity contribution >= 4 is 9.84 Å². The van der Waals surface area contributed by atoms with Crippen LogP contribution >= 0.6 is 0 Å². The molecule has 1 saturated heterocycles. The third kappa shape index (κ3) is 6.45. The fraction of sp³-hybridized carbons (Fsp3) is 1.00. The fourth-order valence-corrected chi connectivity index (χ4v) is 2.80. The highest BCUT2D eigenvalue weighted by Crippen LogP contribution is 2.08. The van der Waals surface area contributed by atoms with Crippen molar-refractivity contribution < 1.29 is 8.42 Å². The highest BCUT2D eigenvalue weighted by molar-refractivity contribution is 7.90. The number of hydrogen-bond acceptors (Lipinski definition) is 4. The van der Waals surface area contributed by atoms with Crippen molar-refractivity contribution in [1.82, 2.24) is 10.2 Å². The Morgan fingerprint density at radius 2 is 2.12 bits per heavy atom. The molecule has 1 rings (SSSR count). The maximum atomic E-state index is 11.0. The van der Waals surface area contributed by atoms with Crippen LogP contribution in [-0.2, 0) is 9.84 Å². The molecule has 0 saturated carbocycles. The maximum Gasteiger partial charge on any atom is 0.147 e. The van der Waals surface area contributed by atoms with E-state index in [0.29, 0.717) is 11.8 Å². The molecule has 4 nitrogen and oxygen atoms in total. The second-order valence-corrected chi connectivity index (χ2v) is 7.15. The Hall–Kier alpha value is -0.130. The number of likely N-dealkylation sites (N-methyl/N-ethyl adjacent to an activating group) is 1. The SMILES string of the molecule is CN(CCCS(C)(=O)=O)CC1CCCCN1. The van der Waals surface area contributed by atoms with Gasteiger partial charge >= 0.3 is 0 Å². The van der Waals surface area contributed by atoms with Gasteiger partial charge in [-0.1, -0.05) is 6.42 Å². The zero-order chi connectivity index (χ0) is 12.0. The average molecular weight is 248 g/mol. The van der Waals surface area contributed by atoms with Crippen LogP contribution in [0.15, 0.2) is 0 Å². The normalized spacial score (nSPS) is 22.6. The number of sulfone groups is 1. The second-order valence-electron chi connectivity index (χ2n) is 4.89. The van der Waals surface area contributed by atoms with Gasteiger partial charge in [0.05, 0.1) is 5.75 Å². The molecule has 1 atom stereocenters. The Kier molecular flexibility index (Phi) is 5.72. The summed E-state index contributed by atoms with van der Waals surface area (Å²) < 4.78 is 21.9. The smallest absolute Gasteiger partial charge is 0.147 e. The Labute approximate surface area is 99.3 Å². The lowest BCUT2D eigenvalue weighted by Gasteiger charge is -2.28. The van der Waals surface area contributed by atoms with Gasteiger partial charge in [0.2, 0.25) is 0 Å². The first-order valence-corrected chi connectivity index (χ1v) is 8.13. The second kappa shape index (κ2) is 6.57. The molecule has 5 heteroatoms. The zero-order valence-corrected chi connectivity index (χ0v) is 11.2. The molecular weight excluding hydrogens is 224 g/mol. The summed E-state index contributed by atoms with van der Waals surface area (Å²) in [6.45, 7) is 3.02. The van der Waals surface area contributed by atoms with Crippen molar-refractivity contribution in [2.45, 2.75) is 31.7 Å². The van der Waals surface area contributed by atoms with Crippen LogP contribution in [0.25, 0.3) is 0 Å². The van der Waals surface area contributed by atoms with Gasteiger partial charge < -0.3 is 10.2 Å². The van der Waals surface area contributed by atoms with Gasteiger partial charge in [0.1, 0.15) is 9.84 Å². The summed E-state index contributed by atoms with van der Waals surface area (Å²) in [7, 11) is -0.727. The van der Waals surface area contributed by atoms with Crippen LogP contribution in [0.5, 0.6) is 0 Å². The molecule has 1 unspecified atom stereocenters. The minimum atomic E-state index is -2.80. The van der Waals surface area contributed by atoms with Crippen LogP contribution in [0.4, 0.5) is 0 Å². The molecule has 16 heavy (non-hydrogen) atoms. The third-order valence-corrected chi connectivity index (χ3v) is 4.03. The first-order chi connectivity index (χ1) is 7.47. The van der Waals surface area contributed by atoms with Crippen LogP contribution in [0.1, 0.15) is 25.7 Å². The summed E-state index contributed by atoms with van der Waals surface area (Å²) >= 11 is 0. The Bertz CT molecular complexity index is 284. The summed E-state index contributed by atoms with van der Waals surface area (Å²) in [5.41, 5.74) is 0. The van der Waals surface area contributed by atoms with Crippen LogP contribution in [0, 0.1) is 0 Å². The van der Waals surface area contributed by atoms with Gasteiger partial charge in [0.15, 0.2) is 0 Å². The van der Waals surface area contributed by atoms with E-state index in [1.165, 1.54) is 25.5 Å². The van der Waals surface area contributed by atoms with E-state index < -0.39 is 9.84 Å². The van der Waals surface area contributed by atoms with Crippen molar-refractivity contribution in [3.63, 3.8) is 0 Å². The van der Waals surface area contributed by atoms with Crippen molar-refractivity contribution in [3.05, 3.63) is 0 Å². The molecule has 0 aromatic heterocycles. The monoisotopic (exact) mass is 248 g/mol. The van der Waals surface area contributed by atoms with Crippen molar-refractivity contribution in [2.24, 2.45) is 0 Å². The summed E-state index contributed by atoms with van der Waals surface area (Å²) in [4.78, 5) is 2.23. The van der Waals surface area contributed by atoms with Gasteiger partial charge in [0, 0.05) is 18.8 Å². The van der Waals surface area contributed by atoms with E-state index in [9.17, 15) is 8.42 Å². The lowest BCUT2D eigenvalue weighted by molar-refractivity contribution is 0.263. The molecular formula is C11H24N2O2S. The van der Waals surface area contributed by atoms with Gasteiger partial charge in [-0.3, -0.25) is 0 Å². The number of hydrogen-bond donors (Lipinski definition) is 1. The van der Waals surface area contributed by atoms with Crippen LogP contribution < -0.4 is 5.32 Å². The first-order valence-electron chi connectivity index (χ1n) is 6.07. The molecule has 1 N–H and O–H groups in total. The molecule has 0 bridgehead atoms. The number of piperidine rings is 1. The molecule has 0 spiro atoms. The van der Waals surface area contributed by atoms with Gasteiger partial charge in [-0.2, -0.15) is 0 Å². The van der Waals surface area contributed by atoms with E-state index in [-0.39, 0.29) is 0 Å². The summed E-state index contributed by atoms with van der Waals surface area (Å²) in [5.74, 6) is 0.301. The van der Waals surface area contributed by atoms with E-state index in [1.54, 1.807) is 0 Å². The minimum Gasteiger partial charge on any atom is -0.313 e. The lowest BCUT2D eigenvalue weighted by Crippen LogP contribution is -2.42. The molecule has 0 aromatic rings. The van der Waals surface area contributed by atoms with Gasteiger partial charge in [-0.15, -0.1) is 0 Å². The predicted octanol–water partition coefficient (Wildman–Crippen LogP) is 0.495. The Balaban J connectivity index is 2.12. The number of nitrogens with one attached hydrogen (secondary N) is 1. The van der Waals surface area contributed by atoms with E-state index in [0.717, 1.165) is 26.1 Å². The zero-order valence-electron chi connectivity index (χ0n) is 10.4. The lowest BCUT2D eigenvalue weighted by atomic mass is 10.0. The molecule has 0 aliphatic carbocycles. The topological polar surface area (TPSA) is 49.4 Å². The largest absolute Gasteiger partial charge is 0.313 e. The van der Waals surface area contributed by atoms with Crippen LogP contribution in [0.2, 0.25) is 0 Å². The van der Waals surface area contributed by atoms with Crippen molar-refractivity contribution in [3.8, 4) is 0 Å². The predicted molar refractivity (Wildman–Crippen MR) is 67.5 cm³/mol. The standard InChI is InChI=1S/C11H24N2O2S/c1-13(8-5-9-16(2,14)15)10-11-6-3-4-7-12-11/h11-12H,3-10H2,1-2H3. The third-order valence-electron chi connectivity index (χ3n) is 3.00. The highest BCUT2D eigenvalue weighted by atomic mass is 32.2. The van der Waals surface area contributed by atoms with Gasteiger partial charge in [-0.05, 0) is 39.4 Å². The fourth-order valence-electron chi connectivity index (χ4n) is 2.14. The van der Waals surface area contributed by atoms with Crippen LogP contribution in [0.3, 0.4) is 0 Å². The molecule has 1 aliphatic heterocycles. The van der Waals surface area contributed by atoms with E-state index in [1.807, 2.05) is 0 Å². The molecule has 0 aromatic carbocycles. The quantitative estimate of drug-likeness (QED) is 0.743. The summed E-state index contributed by atoms with van der Waals surface area (Å²) in [6.07, 6.45) is 5.89. The molecule has 1 heterocycles. The molecule has 0 amide bonds. The Morgan fingerprint density at radius 1 is 1.38 bits per heavy atom. The summed E-state index contributed by atoms with van der Waals surface area (Å²) in [6, 6.07) is 0.594. The minimum absolute atomic E-state index is 0.301. The molecule has 0 radical (unpaired) electrons. The summed E-state index contributed by atoms with van der Waals surface area (Å²) in [5, 5.41) is 3.50. The van der Waals surface area contributed by atoms with E-state index in [2.05, 4.69) is 17.3 Å². The maximum absolute atomic E-state index is 11.0. The Morgan fingerprint density at radius 3 is 2.69 bits per heavy atom. The number of rotatable bonds is 6. The molecule has 1 fully saturated rings. The highest BCUT2D eigenvalue weighted by Gasteiger charge is 2.14. The van der Waals surface area contributed by atoms with Gasteiger partial charge in [-0.25, -0.2) is 8.42 Å². The van der Waals surface area contributed by atoms with E-state index in [4.69, 9.17) is 0 Å². The van der Waals surface area contributed by atoms with Crippen LogP contribution in [-0.4, -0.2) is 58.1 Å². The molecule has 96 valence electrons. The van der Waals surface area contributed by atoms with Gasteiger partial charge in [0.25, 0.3) is 0 Å². The van der Waals surface area contributed by atoms with Crippen molar-refractivity contribution in [2.75, 3.05) is 38.7 Å². The molecule has 1 aliphatic rings. The first kappa shape index (κ1) is 13.9. The average Bonchev–Trinajstić information content (AvgIpc) is 2.17.